The molecule has 0 spiro atoms. The van der Waals surface area contributed by atoms with Gasteiger partial charge in [-0.3, -0.25) is 4.79 Å². The Bertz CT molecular complexity index is 539. The third kappa shape index (κ3) is 3.81. The Morgan fingerprint density at radius 2 is 1.90 bits per heavy atom. The van der Waals surface area contributed by atoms with Gasteiger partial charge in [0.2, 0.25) is 0 Å². The van der Waals surface area contributed by atoms with Crippen LogP contribution in [0.4, 0.5) is 9.18 Å². The van der Waals surface area contributed by atoms with E-state index in [0.29, 0.717) is 31.7 Å². The number of hydrogen-bond acceptors (Lipinski definition) is 3. The van der Waals surface area contributed by atoms with Gasteiger partial charge in [0.25, 0.3) is 5.91 Å². The van der Waals surface area contributed by atoms with Crippen molar-refractivity contribution in [2.24, 2.45) is 0 Å². The van der Waals surface area contributed by atoms with Gasteiger partial charge in [0.1, 0.15) is 12.4 Å². The second-order valence-electron chi connectivity index (χ2n) is 4.66. The first kappa shape index (κ1) is 15.0. The van der Waals surface area contributed by atoms with E-state index in [9.17, 15) is 14.0 Å². The molecule has 1 aliphatic rings. The molecule has 0 aromatic heterocycles. The number of ether oxygens (including phenoxy) is 1. The average Bonchev–Trinajstić information content (AvgIpc) is 2.52. The molecule has 0 bridgehead atoms. The lowest BCUT2D eigenvalue weighted by atomic mass is 10.2. The Kier molecular flexibility index (Phi) is 4.92. The summed E-state index contributed by atoms with van der Waals surface area (Å²) in [5.74, 6) is -0.666. The largest absolute Gasteiger partial charge is 0.445 e. The molecule has 2 amide bonds. The fourth-order valence-corrected chi connectivity index (χ4v) is 2.12. The zero-order valence-corrected chi connectivity index (χ0v) is 11.6. The maximum Gasteiger partial charge on any atom is 0.410 e. The Morgan fingerprint density at radius 1 is 1.24 bits per heavy atom. The van der Waals surface area contributed by atoms with Crippen LogP contribution in [0.2, 0.25) is 0 Å². The zero-order valence-electron chi connectivity index (χ0n) is 11.6. The van der Waals surface area contributed by atoms with Crippen molar-refractivity contribution in [3.05, 3.63) is 48.3 Å². The van der Waals surface area contributed by atoms with Crippen molar-refractivity contribution in [1.29, 1.82) is 0 Å². The van der Waals surface area contributed by atoms with Gasteiger partial charge in [-0.15, -0.1) is 0 Å². The molecule has 0 aliphatic carbocycles. The van der Waals surface area contributed by atoms with Crippen molar-refractivity contribution in [2.45, 2.75) is 0 Å². The summed E-state index contributed by atoms with van der Waals surface area (Å²) in [6.07, 6.45) is 1.09. The number of hydrogen-bond donors (Lipinski definition) is 0. The summed E-state index contributed by atoms with van der Waals surface area (Å²) in [5.41, 5.74) is 0.317. The second kappa shape index (κ2) is 6.88. The number of rotatable bonds is 3. The summed E-state index contributed by atoms with van der Waals surface area (Å²) in [6, 6.07) is 5.60. The fraction of sp³-hybridized carbons (Fsp3) is 0.333. The number of amides is 2. The molecule has 0 atom stereocenters. The topological polar surface area (TPSA) is 49.9 Å². The van der Waals surface area contributed by atoms with Crippen LogP contribution in [0, 0.1) is 5.82 Å². The van der Waals surface area contributed by atoms with Gasteiger partial charge in [-0.05, 0) is 18.2 Å². The Morgan fingerprint density at radius 3 is 2.52 bits per heavy atom. The molecule has 21 heavy (non-hydrogen) atoms. The molecule has 1 heterocycles. The zero-order chi connectivity index (χ0) is 15.2. The van der Waals surface area contributed by atoms with E-state index in [1.54, 1.807) is 15.9 Å². The lowest BCUT2D eigenvalue weighted by Gasteiger charge is -2.34. The lowest BCUT2D eigenvalue weighted by Crippen LogP contribution is -2.50. The fourth-order valence-electron chi connectivity index (χ4n) is 2.12. The molecule has 0 N–H and O–H groups in total. The third-order valence-electron chi connectivity index (χ3n) is 3.22. The maximum atomic E-state index is 13.1. The van der Waals surface area contributed by atoms with E-state index < -0.39 is 11.9 Å². The van der Waals surface area contributed by atoms with E-state index in [-0.39, 0.29) is 12.5 Å². The van der Waals surface area contributed by atoms with Crippen LogP contribution in [-0.2, 0) is 4.74 Å². The van der Waals surface area contributed by atoms with E-state index >= 15 is 0 Å². The van der Waals surface area contributed by atoms with Crippen molar-refractivity contribution in [1.82, 2.24) is 9.80 Å². The van der Waals surface area contributed by atoms with Gasteiger partial charge in [0.05, 0.1) is 0 Å². The minimum Gasteiger partial charge on any atom is -0.445 e. The minimum absolute atomic E-state index is 0.168. The smallest absolute Gasteiger partial charge is 0.410 e. The summed E-state index contributed by atoms with van der Waals surface area (Å²) in [4.78, 5) is 27.0. The highest BCUT2D eigenvalue weighted by atomic mass is 19.1. The van der Waals surface area contributed by atoms with Crippen LogP contribution < -0.4 is 0 Å². The van der Waals surface area contributed by atoms with Crippen molar-refractivity contribution in [3.8, 4) is 0 Å². The van der Waals surface area contributed by atoms with Crippen LogP contribution in [0.1, 0.15) is 10.4 Å². The Balaban J connectivity index is 1.90. The minimum atomic E-state index is -0.438. The molecule has 1 aliphatic heterocycles. The van der Waals surface area contributed by atoms with Crippen LogP contribution in [0.25, 0.3) is 0 Å². The van der Waals surface area contributed by atoms with Crippen LogP contribution in [0.5, 0.6) is 0 Å². The molecule has 0 saturated carbocycles. The van der Waals surface area contributed by atoms with Crippen LogP contribution >= 0.6 is 0 Å². The average molecular weight is 292 g/mol. The molecule has 2 rings (SSSR count). The highest BCUT2D eigenvalue weighted by Gasteiger charge is 2.25. The van der Waals surface area contributed by atoms with Gasteiger partial charge in [-0.1, -0.05) is 18.7 Å². The third-order valence-corrected chi connectivity index (χ3v) is 3.22. The van der Waals surface area contributed by atoms with E-state index in [1.807, 2.05) is 0 Å². The summed E-state index contributed by atoms with van der Waals surface area (Å²) in [7, 11) is 0. The number of nitrogens with zero attached hydrogens (tertiary/aromatic N) is 2. The van der Waals surface area contributed by atoms with Gasteiger partial charge >= 0.3 is 6.09 Å². The van der Waals surface area contributed by atoms with Crippen molar-refractivity contribution in [3.63, 3.8) is 0 Å². The highest BCUT2D eigenvalue weighted by molar-refractivity contribution is 5.94. The van der Waals surface area contributed by atoms with Crippen molar-refractivity contribution >= 4 is 12.0 Å². The van der Waals surface area contributed by atoms with Crippen LogP contribution in [0.15, 0.2) is 36.9 Å². The molecule has 6 heteroatoms. The van der Waals surface area contributed by atoms with E-state index in [0.717, 1.165) is 0 Å². The predicted octanol–water partition coefficient (Wildman–Crippen LogP) is 1.91. The van der Waals surface area contributed by atoms with Crippen LogP contribution in [0.3, 0.4) is 0 Å². The Hall–Kier alpha value is -2.37. The molecular formula is C15H17FN2O3. The van der Waals surface area contributed by atoms with Crippen molar-refractivity contribution in [2.75, 3.05) is 32.8 Å². The summed E-state index contributed by atoms with van der Waals surface area (Å²) in [6.45, 7) is 5.24. The first-order valence-corrected chi connectivity index (χ1v) is 6.69. The molecule has 0 radical (unpaired) electrons. The highest BCUT2D eigenvalue weighted by Crippen LogP contribution is 2.11. The van der Waals surface area contributed by atoms with E-state index in [2.05, 4.69) is 6.58 Å². The van der Waals surface area contributed by atoms with E-state index in [4.69, 9.17) is 4.74 Å². The van der Waals surface area contributed by atoms with Crippen molar-refractivity contribution < 1.29 is 18.7 Å². The molecule has 0 unspecified atom stereocenters. The first-order valence-electron chi connectivity index (χ1n) is 6.69. The number of carbonyl (C=O) groups excluding carboxylic acids is 2. The Labute approximate surface area is 122 Å². The molecule has 5 nitrogen and oxygen atoms in total. The molecule has 1 saturated heterocycles. The quantitative estimate of drug-likeness (QED) is 0.800. The van der Waals surface area contributed by atoms with Gasteiger partial charge < -0.3 is 14.5 Å². The molecular weight excluding hydrogens is 275 g/mol. The van der Waals surface area contributed by atoms with E-state index in [1.165, 1.54) is 24.3 Å². The van der Waals surface area contributed by atoms with Gasteiger partial charge in [-0.2, -0.15) is 0 Å². The first-order chi connectivity index (χ1) is 10.1. The second-order valence-corrected chi connectivity index (χ2v) is 4.66. The molecule has 1 aromatic carbocycles. The summed E-state index contributed by atoms with van der Waals surface area (Å²) in [5, 5.41) is 0. The number of carbonyl (C=O) groups is 2. The summed E-state index contributed by atoms with van der Waals surface area (Å²) < 4.78 is 18.1. The molecule has 112 valence electrons. The van der Waals surface area contributed by atoms with Crippen LogP contribution in [-0.4, -0.2) is 54.6 Å². The standard InChI is InChI=1S/C15H17FN2O3/c1-2-10-21-15(20)18-8-6-17(7-9-18)14(19)12-4-3-5-13(16)11-12/h2-5,11H,1,6-10H2. The molecule has 1 aromatic rings. The summed E-state index contributed by atoms with van der Waals surface area (Å²) >= 11 is 0. The normalized spacial score (nSPS) is 14.7. The van der Waals surface area contributed by atoms with Gasteiger partial charge in [0.15, 0.2) is 0 Å². The van der Waals surface area contributed by atoms with Gasteiger partial charge in [-0.25, -0.2) is 9.18 Å². The number of benzene rings is 1. The molecule has 1 fully saturated rings. The maximum absolute atomic E-state index is 13.1. The number of halogens is 1. The number of piperazine rings is 1. The predicted molar refractivity (Wildman–Crippen MR) is 75.4 cm³/mol. The SMILES string of the molecule is C=CCOC(=O)N1CCN(C(=O)c2cccc(F)c2)CC1. The van der Waals surface area contributed by atoms with Gasteiger partial charge in [0, 0.05) is 31.7 Å². The monoisotopic (exact) mass is 292 g/mol. The lowest BCUT2D eigenvalue weighted by molar-refractivity contribution is 0.0580.